The summed E-state index contributed by atoms with van der Waals surface area (Å²) < 4.78 is 12.0. The normalized spacial score (nSPS) is 11.7. The lowest BCUT2D eigenvalue weighted by atomic mass is 10.0. The van der Waals surface area contributed by atoms with Crippen molar-refractivity contribution in [3.05, 3.63) is 35.9 Å². The molecule has 1 aromatic rings. The van der Waals surface area contributed by atoms with Crippen molar-refractivity contribution in [1.29, 1.82) is 0 Å². The molecule has 0 heterocycles. The van der Waals surface area contributed by atoms with E-state index in [0.717, 1.165) is 5.56 Å². The number of amides is 2. The molecule has 0 aliphatic heterocycles. The van der Waals surface area contributed by atoms with E-state index in [-0.39, 0.29) is 18.5 Å². The van der Waals surface area contributed by atoms with Crippen molar-refractivity contribution >= 4 is 12.0 Å². The SMILES string of the molecule is O=C(O)CCC(Cc1ccccc1)NC(=O)NCCCCF. The van der Waals surface area contributed by atoms with Crippen molar-refractivity contribution in [2.45, 2.75) is 38.1 Å². The number of hydrogen-bond donors (Lipinski definition) is 3. The van der Waals surface area contributed by atoms with Crippen molar-refractivity contribution < 1.29 is 19.1 Å². The van der Waals surface area contributed by atoms with Gasteiger partial charge in [0, 0.05) is 19.0 Å². The van der Waals surface area contributed by atoms with Gasteiger partial charge in [-0.25, -0.2) is 4.79 Å². The third kappa shape index (κ3) is 8.24. The van der Waals surface area contributed by atoms with Crippen LogP contribution in [0.2, 0.25) is 0 Å². The number of hydrogen-bond acceptors (Lipinski definition) is 2. The molecule has 0 aliphatic carbocycles. The molecule has 6 heteroatoms. The van der Waals surface area contributed by atoms with Gasteiger partial charge in [0.1, 0.15) is 0 Å². The summed E-state index contributed by atoms with van der Waals surface area (Å²) in [5, 5.41) is 14.2. The molecule has 1 unspecified atom stereocenters. The van der Waals surface area contributed by atoms with Crippen LogP contribution >= 0.6 is 0 Å². The van der Waals surface area contributed by atoms with Gasteiger partial charge in [-0.05, 0) is 31.2 Å². The molecule has 0 bridgehead atoms. The smallest absolute Gasteiger partial charge is 0.315 e. The minimum Gasteiger partial charge on any atom is -0.481 e. The van der Waals surface area contributed by atoms with Gasteiger partial charge >= 0.3 is 12.0 Å². The maximum Gasteiger partial charge on any atom is 0.315 e. The highest BCUT2D eigenvalue weighted by Crippen LogP contribution is 2.08. The summed E-state index contributed by atoms with van der Waals surface area (Å²) in [6.07, 6.45) is 1.95. The molecule has 3 N–H and O–H groups in total. The topological polar surface area (TPSA) is 78.4 Å². The van der Waals surface area contributed by atoms with Crippen LogP contribution in [0.3, 0.4) is 0 Å². The molecule has 0 radical (unpaired) electrons. The van der Waals surface area contributed by atoms with E-state index in [2.05, 4.69) is 10.6 Å². The number of benzene rings is 1. The van der Waals surface area contributed by atoms with Crippen molar-refractivity contribution in [1.82, 2.24) is 10.6 Å². The highest BCUT2D eigenvalue weighted by Gasteiger charge is 2.14. The molecule has 0 aliphatic rings. The third-order valence-electron chi connectivity index (χ3n) is 3.21. The second kappa shape index (κ2) is 10.6. The monoisotopic (exact) mass is 310 g/mol. The first-order chi connectivity index (χ1) is 10.6. The Bertz CT molecular complexity index is 454. The highest BCUT2D eigenvalue weighted by molar-refractivity contribution is 5.74. The number of nitrogens with one attached hydrogen (secondary N) is 2. The fourth-order valence-corrected chi connectivity index (χ4v) is 2.08. The molecular formula is C16H23FN2O3. The predicted molar refractivity (Wildman–Crippen MR) is 82.5 cm³/mol. The number of carbonyl (C=O) groups excluding carboxylic acids is 1. The van der Waals surface area contributed by atoms with E-state index >= 15 is 0 Å². The molecule has 0 aromatic heterocycles. The van der Waals surface area contributed by atoms with E-state index in [1.54, 1.807) is 0 Å². The minimum atomic E-state index is -0.886. The highest BCUT2D eigenvalue weighted by atomic mass is 19.1. The molecule has 0 saturated carbocycles. The average Bonchev–Trinajstić information content (AvgIpc) is 2.50. The Hall–Kier alpha value is -2.11. The number of urea groups is 1. The van der Waals surface area contributed by atoms with Crippen LogP contribution in [0.4, 0.5) is 9.18 Å². The first kappa shape index (κ1) is 17.9. The van der Waals surface area contributed by atoms with Gasteiger partial charge in [0.15, 0.2) is 0 Å². The minimum absolute atomic E-state index is 0.000366. The van der Waals surface area contributed by atoms with Gasteiger partial charge in [0.05, 0.1) is 6.67 Å². The van der Waals surface area contributed by atoms with E-state index in [1.165, 1.54) is 0 Å². The maximum atomic E-state index is 12.0. The van der Waals surface area contributed by atoms with Crippen molar-refractivity contribution in [2.75, 3.05) is 13.2 Å². The molecule has 0 saturated heterocycles. The number of alkyl halides is 1. The van der Waals surface area contributed by atoms with Crippen LogP contribution < -0.4 is 10.6 Å². The van der Waals surface area contributed by atoms with E-state index in [0.29, 0.717) is 32.2 Å². The second-order valence-corrected chi connectivity index (χ2v) is 5.12. The van der Waals surface area contributed by atoms with Gasteiger partial charge < -0.3 is 15.7 Å². The summed E-state index contributed by atoms with van der Waals surface area (Å²) in [6, 6.07) is 9.00. The van der Waals surface area contributed by atoms with Crippen LogP contribution in [0, 0.1) is 0 Å². The van der Waals surface area contributed by atoms with Gasteiger partial charge in [-0.3, -0.25) is 9.18 Å². The van der Waals surface area contributed by atoms with E-state index in [1.807, 2.05) is 30.3 Å². The largest absolute Gasteiger partial charge is 0.481 e. The summed E-state index contributed by atoms with van der Waals surface area (Å²) in [7, 11) is 0. The van der Waals surface area contributed by atoms with Crippen LogP contribution in [0.15, 0.2) is 30.3 Å². The average molecular weight is 310 g/mol. The summed E-state index contributed by atoms with van der Waals surface area (Å²) in [6.45, 7) is 0.0191. The number of halogens is 1. The van der Waals surface area contributed by atoms with Gasteiger partial charge in [0.2, 0.25) is 0 Å². The zero-order chi connectivity index (χ0) is 16.2. The van der Waals surface area contributed by atoms with E-state index < -0.39 is 12.6 Å². The van der Waals surface area contributed by atoms with Crippen molar-refractivity contribution in [3.8, 4) is 0 Å². The molecule has 22 heavy (non-hydrogen) atoms. The molecule has 1 atom stereocenters. The molecule has 122 valence electrons. The first-order valence-corrected chi connectivity index (χ1v) is 7.48. The molecule has 1 aromatic carbocycles. The van der Waals surface area contributed by atoms with Crippen LogP contribution in [0.5, 0.6) is 0 Å². The number of unbranched alkanes of at least 4 members (excludes halogenated alkanes) is 1. The molecule has 2 amide bonds. The van der Waals surface area contributed by atoms with Crippen LogP contribution in [0.25, 0.3) is 0 Å². The van der Waals surface area contributed by atoms with E-state index in [4.69, 9.17) is 5.11 Å². The van der Waals surface area contributed by atoms with Crippen molar-refractivity contribution in [3.63, 3.8) is 0 Å². The molecule has 1 rings (SSSR count). The summed E-state index contributed by atoms with van der Waals surface area (Å²) >= 11 is 0. The van der Waals surface area contributed by atoms with Gasteiger partial charge in [-0.15, -0.1) is 0 Å². The van der Waals surface area contributed by atoms with Gasteiger partial charge in [-0.2, -0.15) is 0 Å². The molecule has 0 fully saturated rings. The Morgan fingerprint density at radius 1 is 1.18 bits per heavy atom. The standard InChI is InChI=1S/C16H23FN2O3/c17-10-4-5-11-18-16(22)19-14(8-9-15(20)21)12-13-6-2-1-3-7-13/h1-3,6-7,14H,4-5,8-12H2,(H,20,21)(H2,18,19,22). The van der Waals surface area contributed by atoms with Crippen LogP contribution in [0.1, 0.15) is 31.2 Å². The summed E-state index contributed by atoms with van der Waals surface area (Å²) in [5.74, 6) is -0.886. The molecular weight excluding hydrogens is 287 g/mol. The zero-order valence-corrected chi connectivity index (χ0v) is 12.6. The number of carboxylic acid groups (broad SMARTS) is 1. The Morgan fingerprint density at radius 3 is 2.55 bits per heavy atom. The Kier molecular flexibility index (Phi) is 8.64. The summed E-state index contributed by atoms with van der Waals surface area (Å²) in [4.78, 5) is 22.5. The fourth-order valence-electron chi connectivity index (χ4n) is 2.08. The quantitative estimate of drug-likeness (QED) is 0.581. The Balaban J connectivity index is 2.46. The predicted octanol–water partition coefficient (Wildman–Crippen LogP) is 2.51. The van der Waals surface area contributed by atoms with E-state index in [9.17, 15) is 14.0 Å². The fraction of sp³-hybridized carbons (Fsp3) is 0.500. The zero-order valence-electron chi connectivity index (χ0n) is 12.6. The van der Waals surface area contributed by atoms with Crippen LogP contribution in [-0.2, 0) is 11.2 Å². The Labute approximate surface area is 129 Å². The first-order valence-electron chi connectivity index (χ1n) is 7.48. The number of carboxylic acids is 1. The van der Waals surface area contributed by atoms with Crippen molar-refractivity contribution in [2.24, 2.45) is 0 Å². The van der Waals surface area contributed by atoms with Crippen LogP contribution in [-0.4, -0.2) is 36.4 Å². The third-order valence-corrected chi connectivity index (χ3v) is 3.21. The van der Waals surface area contributed by atoms with Gasteiger partial charge in [-0.1, -0.05) is 30.3 Å². The number of rotatable bonds is 10. The maximum absolute atomic E-state index is 12.0. The molecule has 0 spiro atoms. The number of aliphatic carboxylic acids is 1. The van der Waals surface area contributed by atoms with Gasteiger partial charge in [0.25, 0.3) is 0 Å². The lowest BCUT2D eigenvalue weighted by Crippen LogP contribution is -2.43. The second-order valence-electron chi connectivity index (χ2n) is 5.12. The Morgan fingerprint density at radius 2 is 1.91 bits per heavy atom. The summed E-state index contributed by atoms with van der Waals surface area (Å²) in [5.41, 5.74) is 1.04. The lowest BCUT2D eigenvalue weighted by molar-refractivity contribution is -0.137. The lowest BCUT2D eigenvalue weighted by Gasteiger charge is -2.18. The molecule has 5 nitrogen and oxygen atoms in total. The number of carbonyl (C=O) groups is 2.